The number of aromatic nitrogens is 3. The number of anilines is 1. The molecule has 0 bridgehead atoms. The predicted octanol–water partition coefficient (Wildman–Crippen LogP) is 1.32. The third-order valence-electron chi connectivity index (χ3n) is 5.37. The summed E-state index contributed by atoms with van der Waals surface area (Å²) in [5.74, 6) is 1.17. The fourth-order valence-electron chi connectivity index (χ4n) is 3.45. The number of likely N-dealkylation sites (tertiary alicyclic amines) is 1. The van der Waals surface area contributed by atoms with E-state index in [1.165, 1.54) is 0 Å². The zero-order chi connectivity index (χ0) is 17.8. The van der Waals surface area contributed by atoms with Gasteiger partial charge in [-0.25, -0.2) is 4.79 Å². The van der Waals surface area contributed by atoms with Crippen molar-refractivity contribution in [3.8, 4) is 0 Å². The standard InChI is InChI=1S/C17H20N6O3/c1-20-4-5-22(17(20)25)12-7-18-23(10-12)13-8-21(9-13)16(24)14-6-15(26-19-14)11-2-3-11/h6-7,10-11,13H,2-5,8-9H2,1H3. The Hall–Kier alpha value is -2.84. The molecule has 3 fully saturated rings. The quantitative estimate of drug-likeness (QED) is 0.824. The molecular formula is C17H20N6O3. The van der Waals surface area contributed by atoms with Crippen molar-refractivity contribution in [1.29, 1.82) is 0 Å². The molecule has 0 unspecified atom stereocenters. The van der Waals surface area contributed by atoms with Crippen LogP contribution in [0.4, 0.5) is 10.5 Å². The summed E-state index contributed by atoms with van der Waals surface area (Å²) in [6, 6.07) is 1.89. The van der Waals surface area contributed by atoms with E-state index in [9.17, 15) is 9.59 Å². The second kappa shape index (κ2) is 5.58. The minimum atomic E-state index is -0.0966. The van der Waals surface area contributed by atoms with Crippen LogP contribution in [-0.4, -0.2) is 69.9 Å². The Kier molecular flexibility index (Phi) is 3.31. The lowest BCUT2D eigenvalue weighted by atomic mass is 10.1. The summed E-state index contributed by atoms with van der Waals surface area (Å²) in [5, 5.41) is 8.29. The third kappa shape index (κ3) is 2.46. The van der Waals surface area contributed by atoms with Crippen molar-refractivity contribution in [3.63, 3.8) is 0 Å². The van der Waals surface area contributed by atoms with Crippen LogP contribution >= 0.6 is 0 Å². The van der Waals surface area contributed by atoms with Crippen molar-refractivity contribution in [2.24, 2.45) is 0 Å². The van der Waals surface area contributed by atoms with Gasteiger partial charge in [-0.15, -0.1) is 0 Å². The summed E-state index contributed by atoms with van der Waals surface area (Å²) in [6.07, 6.45) is 5.82. The van der Waals surface area contributed by atoms with Crippen LogP contribution < -0.4 is 4.90 Å². The molecule has 0 aromatic carbocycles. The van der Waals surface area contributed by atoms with Gasteiger partial charge < -0.3 is 14.3 Å². The van der Waals surface area contributed by atoms with Gasteiger partial charge in [0.1, 0.15) is 5.76 Å². The summed E-state index contributed by atoms with van der Waals surface area (Å²) >= 11 is 0. The Morgan fingerprint density at radius 2 is 2.08 bits per heavy atom. The first-order chi connectivity index (χ1) is 12.6. The Morgan fingerprint density at radius 3 is 2.77 bits per heavy atom. The van der Waals surface area contributed by atoms with Crippen molar-refractivity contribution in [3.05, 3.63) is 29.9 Å². The maximum Gasteiger partial charge on any atom is 0.324 e. The average Bonchev–Trinajstić information content (AvgIpc) is 3.00. The fraction of sp³-hybridized carbons (Fsp3) is 0.529. The number of hydrogen-bond acceptors (Lipinski definition) is 5. The first-order valence-corrected chi connectivity index (χ1v) is 8.93. The topological polar surface area (TPSA) is 87.7 Å². The molecule has 1 aliphatic carbocycles. The molecule has 4 heterocycles. The highest BCUT2D eigenvalue weighted by molar-refractivity contribution is 5.94. The zero-order valence-electron chi connectivity index (χ0n) is 14.5. The van der Waals surface area contributed by atoms with Crippen LogP contribution in [0.2, 0.25) is 0 Å². The lowest BCUT2D eigenvalue weighted by molar-refractivity contribution is 0.0491. The Balaban J connectivity index is 1.21. The van der Waals surface area contributed by atoms with Crippen LogP contribution in [-0.2, 0) is 0 Å². The average molecular weight is 356 g/mol. The maximum atomic E-state index is 12.5. The van der Waals surface area contributed by atoms with Crippen LogP contribution in [0.25, 0.3) is 0 Å². The molecule has 0 spiro atoms. The minimum Gasteiger partial charge on any atom is -0.360 e. The van der Waals surface area contributed by atoms with E-state index in [2.05, 4.69) is 10.3 Å². The number of rotatable bonds is 4. The molecule has 2 aliphatic heterocycles. The van der Waals surface area contributed by atoms with Gasteiger partial charge >= 0.3 is 6.03 Å². The van der Waals surface area contributed by atoms with Gasteiger partial charge in [-0.2, -0.15) is 5.10 Å². The van der Waals surface area contributed by atoms with Crippen molar-refractivity contribution in [2.45, 2.75) is 24.8 Å². The van der Waals surface area contributed by atoms with Crippen molar-refractivity contribution in [1.82, 2.24) is 24.7 Å². The molecule has 26 heavy (non-hydrogen) atoms. The van der Waals surface area contributed by atoms with Gasteiger partial charge in [0.05, 0.1) is 17.9 Å². The Bertz CT molecular complexity index is 863. The van der Waals surface area contributed by atoms with Crippen molar-refractivity contribution < 1.29 is 14.1 Å². The molecule has 3 amide bonds. The smallest absolute Gasteiger partial charge is 0.324 e. The molecule has 136 valence electrons. The fourth-order valence-corrected chi connectivity index (χ4v) is 3.45. The molecule has 2 aromatic heterocycles. The first kappa shape index (κ1) is 15.4. The molecule has 5 rings (SSSR count). The molecule has 0 atom stereocenters. The molecule has 9 nitrogen and oxygen atoms in total. The summed E-state index contributed by atoms with van der Waals surface area (Å²) in [7, 11) is 1.79. The number of nitrogens with zero attached hydrogens (tertiary/aromatic N) is 6. The first-order valence-electron chi connectivity index (χ1n) is 8.93. The number of hydrogen-bond donors (Lipinski definition) is 0. The number of urea groups is 1. The van der Waals surface area contributed by atoms with Crippen LogP contribution in [0, 0.1) is 0 Å². The van der Waals surface area contributed by atoms with Gasteiger partial charge in [0.15, 0.2) is 5.69 Å². The normalized spacial score (nSPS) is 20.8. The van der Waals surface area contributed by atoms with E-state index in [0.717, 1.165) is 30.8 Å². The van der Waals surface area contributed by atoms with Crippen LogP contribution in [0.15, 0.2) is 23.0 Å². The van der Waals surface area contributed by atoms with Gasteiger partial charge in [0, 0.05) is 51.4 Å². The number of carbonyl (C=O) groups is 2. The minimum absolute atomic E-state index is 0.00698. The maximum absolute atomic E-state index is 12.5. The van der Waals surface area contributed by atoms with E-state index in [4.69, 9.17) is 4.52 Å². The number of likely N-dealkylation sites (N-methyl/N-ethyl adjacent to an activating group) is 1. The van der Waals surface area contributed by atoms with E-state index >= 15 is 0 Å². The lowest BCUT2D eigenvalue weighted by Gasteiger charge is -2.38. The van der Waals surface area contributed by atoms with Crippen LogP contribution in [0.3, 0.4) is 0 Å². The highest BCUT2D eigenvalue weighted by atomic mass is 16.5. The summed E-state index contributed by atoms with van der Waals surface area (Å²) in [4.78, 5) is 29.7. The Morgan fingerprint density at radius 1 is 1.27 bits per heavy atom. The number of amides is 3. The largest absolute Gasteiger partial charge is 0.360 e. The molecular weight excluding hydrogens is 336 g/mol. The van der Waals surface area contributed by atoms with Gasteiger partial charge in [0.2, 0.25) is 0 Å². The van der Waals surface area contributed by atoms with Crippen molar-refractivity contribution >= 4 is 17.6 Å². The van der Waals surface area contributed by atoms with E-state index in [1.807, 2.05) is 10.9 Å². The Labute approximate surface area is 150 Å². The summed E-state index contributed by atoms with van der Waals surface area (Å²) in [6.45, 7) is 2.56. The SMILES string of the molecule is CN1CCN(c2cnn(C3CN(C(=O)c4cc(C5CC5)on4)C3)c2)C1=O. The van der Waals surface area contributed by atoms with Gasteiger partial charge in [-0.3, -0.25) is 14.4 Å². The van der Waals surface area contributed by atoms with E-state index in [-0.39, 0.29) is 18.0 Å². The van der Waals surface area contributed by atoms with Crippen molar-refractivity contribution in [2.75, 3.05) is 38.1 Å². The van der Waals surface area contributed by atoms with E-state index in [0.29, 0.717) is 31.2 Å². The molecule has 2 aromatic rings. The molecule has 0 radical (unpaired) electrons. The molecule has 1 saturated carbocycles. The summed E-state index contributed by atoms with van der Waals surface area (Å²) < 4.78 is 7.10. The molecule has 0 N–H and O–H groups in total. The molecule has 2 saturated heterocycles. The highest BCUT2D eigenvalue weighted by Gasteiger charge is 2.36. The second-order valence-corrected chi connectivity index (χ2v) is 7.29. The molecule has 3 aliphatic rings. The third-order valence-corrected chi connectivity index (χ3v) is 5.37. The van der Waals surface area contributed by atoms with E-state index in [1.54, 1.807) is 34.0 Å². The van der Waals surface area contributed by atoms with Gasteiger partial charge in [0.25, 0.3) is 5.91 Å². The van der Waals surface area contributed by atoms with Gasteiger partial charge in [-0.1, -0.05) is 5.16 Å². The van der Waals surface area contributed by atoms with Crippen LogP contribution in [0.5, 0.6) is 0 Å². The predicted molar refractivity (Wildman–Crippen MR) is 91.0 cm³/mol. The molecule has 9 heteroatoms. The summed E-state index contributed by atoms with van der Waals surface area (Å²) in [5.41, 5.74) is 1.19. The second-order valence-electron chi connectivity index (χ2n) is 7.29. The zero-order valence-corrected chi connectivity index (χ0v) is 14.5. The van der Waals surface area contributed by atoms with Gasteiger partial charge in [-0.05, 0) is 12.8 Å². The van der Waals surface area contributed by atoms with Crippen LogP contribution in [0.1, 0.15) is 41.1 Å². The number of carbonyl (C=O) groups excluding carboxylic acids is 2. The monoisotopic (exact) mass is 356 g/mol. The lowest BCUT2D eigenvalue weighted by Crippen LogP contribution is -2.51. The van der Waals surface area contributed by atoms with E-state index < -0.39 is 0 Å². The highest BCUT2D eigenvalue weighted by Crippen LogP contribution is 2.40.